The predicted octanol–water partition coefficient (Wildman–Crippen LogP) is -0.884. The first kappa shape index (κ1) is 7.03. The normalized spacial score (nSPS) is 11.7. The zero-order valence-corrected chi connectivity index (χ0v) is 5.61. The molecule has 3 N–H and O–H groups in total. The monoisotopic (exact) mass is 163 g/mol. The molecule has 0 aliphatic heterocycles. The Morgan fingerprint density at radius 3 is 2.50 bits per heavy atom. The van der Waals surface area contributed by atoms with Gasteiger partial charge in [-0.1, -0.05) is 0 Å². The molecule has 1 rings (SSSR count). The van der Waals surface area contributed by atoms with Gasteiger partial charge in [-0.3, -0.25) is 4.55 Å². The molecule has 0 aliphatic carbocycles. The first-order valence-corrected chi connectivity index (χ1v) is 3.68. The fourth-order valence-corrected chi connectivity index (χ4v) is 0.990. The first-order chi connectivity index (χ1) is 4.52. The van der Waals surface area contributed by atoms with Crippen LogP contribution in [0.3, 0.4) is 0 Å². The predicted molar refractivity (Wildman–Crippen MR) is 33.6 cm³/mol. The van der Waals surface area contributed by atoms with Crippen LogP contribution in [0.2, 0.25) is 0 Å². The molecule has 0 saturated heterocycles. The molecular weight excluding hydrogens is 158 g/mol. The number of hydrogen-bond acceptors (Lipinski definition) is 4. The van der Waals surface area contributed by atoms with E-state index < -0.39 is 10.3 Å². The smallest absolute Gasteiger partial charge is 0.366 e. The second kappa shape index (κ2) is 1.96. The number of anilines is 1. The third-order valence-corrected chi connectivity index (χ3v) is 1.69. The summed E-state index contributed by atoms with van der Waals surface area (Å²) in [6.07, 6.45) is 2.22. The third-order valence-electron chi connectivity index (χ3n) is 0.883. The van der Waals surface area contributed by atoms with E-state index >= 15 is 0 Å². The second-order valence-electron chi connectivity index (χ2n) is 1.56. The largest absolute Gasteiger partial charge is 0.368 e. The van der Waals surface area contributed by atoms with E-state index in [9.17, 15) is 8.42 Å². The van der Waals surface area contributed by atoms with E-state index in [1.807, 2.05) is 0 Å². The zero-order chi connectivity index (χ0) is 7.78. The topological polar surface area (TPSA) is 98.2 Å². The van der Waals surface area contributed by atoms with E-state index in [-0.39, 0.29) is 5.95 Å². The minimum absolute atomic E-state index is 0.262. The van der Waals surface area contributed by atoms with Crippen LogP contribution in [0, 0.1) is 0 Å². The lowest BCUT2D eigenvalue weighted by Gasteiger charge is -1.96. The van der Waals surface area contributed by atoms with Crippen molar-refractivity contribution in [2.45, 2.75) is 0 Å². The summed E-state index contributed by atoms with van der Waals surface area (Å²) in [7, 11) is -4.26. The van der Waals surface area contributed by atoms with Gasteiger partial charge in [0.25, 0.3) is 0 Å². The Morgan fingerprint density at radius 1 is 1.70 bits per heavy atom. The first-order valence-electron chi connectivity index (χ1n) is 2.28. The average Bonchev–Trinajstić information content (AvgIpc) is 2.11. The molecule has 0 amide bonds. The molecule has 0 spiro atoms. The number of imidazole rings is 1. The van der Waals surface area contributed by atoms with Gasteiger partial charge in [-0.15, -0.1) is 0 Å². The molecule has 7 heteroatoms. The van der Waals surface area contributed by atoms with E-state index in [4.69, 9.17) is 10.3 Å². The van der Waals surface area contributed by atoms with Crippen LogP contribution in [0.5, 0.6) is 0 Å². The molecule has 0 atom stereocenters. The van der Waals surface area contributed by atoms with Gasteiger partial charge in [-0.2, -0.15) is 12.4 Å². The minimum atomic E-state index is -4.26. The Labute approximate surface area is 57.2 Å². The lowest BCUT2D eigenvalue weighted by molar-refractivity contribution is 0.473. The van der Waals surface area contributed by atoms with Crippen molar-refractivity contribution in [1.29, 1.82) is 0 Å². The van der Waals surface area contributed by atoms with Crippen molar-refractivity contribution >= 4 is 16.3 Å². The Bertz CT molecular complexity index is 327. The quantitative estimate of drug-likeness (QED) is 0.523. The number of nitrogens with two attached hydrogens (primary N) is 1. The van der Waals surface area contributed by atoms with Crippen LogP contribution in [-0.2, 0) is 10.3 Å². The van der Waals surface area contributed by atoms with Gasteiger partial charge >= 0.3 is 10.3 Å². The van der Waals surface area contributed by atoms with Crippen LogP contribution >= 0.6 is 0 Å². The Kier molecular flexibility index (Phi) is 1.38. The van der Waals surface area contributed by atoms with Crippen molar-refractivity contribution in [3.63, 3.8) is 0 Å². The highest BCUT2D eigenvalue weighted by atomic mass is 32.2. The number of nitrogen functional groups attached to an aromatic ring is 1. The van der Waals surface area contributed by atoms with Crippen molar-refractivity contribution in [3.8, 4) is 0 Å². The van der Waals surface area contributed by atoms with Gasteiger partial charge in [0.2, 0.25) is 5.95 Å². The van der Waals surface area contributed by atoms with Crippen LogP contribution in [0.1, 0.15) is 0 Å². The molecular formula is C3H5N3O3S. The van der Waals surface area contributed by atoms with Gasteiger partial charge in [-0.25, -0.2) is 4.98 Å². The molecule has 0 bridgehead atoms. The van der Waals surface area contributed by atoms with Crippen LogP contribution in [-0.4, -0.2) is 21.9 Å². The van der Waals surface area contributed by atoms with Crippen LogP contribution < -0.4 is 5.73 Å². The number of nitrogens with zero attached hydrogens (tertiary/aromatic N) is 2. The fourth-order valence-electron chi connectivity index (χ4n) is 0.499. The summed E-state index contributed by atoms with van der Waals surface area (Å²) in [4.78, 5) is 3.38. The zero-order valence-electron chi connectivity index (χ0n) is 4.80. The molecule has 56 valence electrons. The van der Waals surface area contributed by atoms with Gasteiger partial charge in [0.15, 0.2) is 0 Å². The lowest BCUT2D eigenvalue weighted by Crippen LogP contribution is -2.12. The van der Waals surface area contributed by atoms with E-state index in [0.29, 0.717) is 3.97 Å². The van der Waals surface area contributed by atoms with Crippen molar-refractivity contribution in [2.24, 2.45) is 0 Å². The standard InChI is InChI=1S/C3H5N3O3S/c4-3-5-1-2-6(3)10(7,8)9/h1-2H,(H2,4,5)(H,7,8,9). The molecule has 0 aromatic carbocycles. The number of rotatable bonds is 1. The highest BCUT2D eigenvalue weighted by Gasteiger charge is 2.09. The lowest BCUT2D eigenvalue weighted by atomic mass is 11.0. The van der Waals surface area contributed by atoms with E-state index in [0.717, 1.165) is 6.20 Å². The second-order valence-corrected chi connectivity index (χ2v) is 2.85. The van der Waals surface area contributed by atoms with Gasteiger partial charge in [-0.05, 0) is 0 Å². The van der Waals surface area contributed by atoms with Gasteiger partial charge in [0.05, 0.1) is 0 Å². The van der Waals surface area contributed by atoms with E-state index in [1.54, 1.807) is 0 Å². The summed E-state index contributed by atoms with van der Waals surface area (Å²) < 4.78 is 29.5. The highest BCUT2D eigenvalue weighted by Crippen LogP contribution is 2.00. The number of aromatic nitrogens is 2. The van der Waals surface area contributed by atoms with Crippen molar-refractivity contribution in [3.05, 3.63) is 12.4 Å². The molecule has 0 saturated carbocycles. The SMILES string of the molecule is Nc1nccn1S(=O)(=O)O. The van der Waals surface area contributed by atoms with Gasteiger partial charge in [0, 0.05) is 12.4 Å². The van der Waals surface area contributed by atoms with E-state index in [2.05, 4.69) is 4.98 Å². The molecule has 6 nitrogen and oxygen atoms in total. The summed E-state index contributed by atoms with van der Waals surface area (Å²) in [5.41, 5.74) is 5.04. The van der Waals surface area contributed by atoms with Gasteiger partial charge in [0.1, 0.15) is 0 Å². The summed E-state index contributed by atoms with van der Waals surface area (Å²) in [5, 5.41) is 0. The van der Waals surface area contributed by atoms with Crippen LogP contribution in [0.25, 0.3) is 0 Å². The summed E-state index contributed by atoms with van der Waals surface area (Å²) >= 11 is 0. The molecule has 1 heterocycles. The number of hydrogen-bond donors (Lipinski definition) is 2. The molecule has 1 aromatic heterocycles. The molecule has 0 unspecified atom stereocenters. The maximum atomic E-state index is 10.3. The molecule has 0 radical (unpaired) electrons. The fraction of sp³-hybridized carbons (Fsp3) is 0. The Morgan fingerprint density at radius 2 is 2.30 bits per heavy atom. The maximum Gasteiger partial charge on any atom is 0.366 e. The maximum absolute atomic E-state index is 10.3. The molecule has 1 aromatic rings. The van der Waals surface area contributed by atoms with Crippen LogP contribution in [0.15, 0.2) is 12.4 Å². The van der Waals surface area contributed by atoms with Crippen molar-refractivity contribution in [1.82, 2.24) is 8.96 Å². The Balaban J connectivity index is 3.32. The Hall–Kier alpha value is -1.08. The molecule has 10 heavy (non-hydrogen) atoms. The highest BCUT2D eigenvalue weighted by molar-refractivity contribution is 7.84. The van der Waals surface area contributed by atoms with Crippen molar-refractivity contribution in [2.75, 3.05) is 5.73 Å². The van der Waals surface area contributed by atoms with E-state index in [1.165, 1.54) is 6.20 Å². The minimum Gasteiger partial charge on any atom is -0.368 e. The summed E-state index contributed by atoms with van der Waals surface area (Å²) in [6.45, 7) is 0. The molecule has 0 aliphatic rings. The third kappa shape index (κ3) is 1.09. The summed E-state index contributed by atoms with van der Waals surface area (Å²) in [5.74, 6) is -0.262. The van der Waals surface area contributed by atoms with Gasteiger partial charge < -0.3 is 5.73 Å². The average molecular weight is 163 g/mol. The van der Waals surface area contributed by atoms with Crippen LogP contribution in [0.4, 0.5) is 5.95 Å². The molecule has 0 fully saturated rings. The van der Waals surface area contributed by atoms with Crippen molar-refractivity contribution < 1.29 is 13.0 Å². The summed E-state index contributed by atoms with van der Waals surface area (Å²) in [6, 6.07) is 0.